The quantitative estimate of drug-likeness (QED) is 0.648. The molecule has 154 valence electrons. The molecular formula is C21H18ClF2N5O. The standard InChI is InChI=1S/C21H18ClF2N5O/c22-14-9-13-19(18(24)17(14)12-3-1-2-4-15(12)23)26-11-27-20(13)28-5-7-29(8-6-28)21(30)16-10-25-16/h1-4,9,11,16,25H,5-8,10H2. The van der Waals surface area contributed by atoms with Crippen LogP contribution in [0.25, 0.3) is 22.0 Å². The highest BCUT2D eigenvalue weighted by Crippen LogP contribution is 2.38. The second-order valence-corrected chi connectivity index (χ2v) is 7.80. The Balaban J connectivity index is 1.50. The van der Waals surface area contributed by atoms with E-state index in [1.54, 1.807) is 12.1 Å². The number of amides is 1. The third-order valence-electron chi connectivity index (χ3n) is 5.54. The molecular weight excluding hydrogens is 412 g/mol. The predicted molar refractivity (Wildman–Crippen MR) is 110 cm³/mol. The first-order chi connectivity index (χ1) is 14.5. The van der Waals surface area contributed by atoms with E-state index in [2.05, 4.69) is 15.3 Å². The highest BCUT2D eigenvalue weighted by Gasteiger charge is 2.34. The normalized spacial score (nSPS) is 18.7. The first-order valence-corrected chi connectivity index (χ1v) is 10.1. The number of fused-ring (bicyclic) bond motifs is 1. The lowest BCUT2D eigenvalue weighted by Crippen LogP contribution is -2.50. The van der Waals surface area contributed by atoms with Gasteiger partial charge in [-0.3, -0.25) is 4.79 Å². The van der Waals surface area contributed by atoms with Crippen molar-refractivity contribution in [3.05, 3.63) is 53.3 Å². The Bertz CT molecular complexity index is 1150. The molecule has 0 radical (unpaired) electrons. The minimum atomic E-state index is -0.681. The van der Waals surface area contributed by atoms with Gasteiger partial charge in [0.15, 0.2) is 5.82 Å². The van der Waals surface area contributed by atoms with Gasteiger partial charge in [0.05, 0.1) is 11.1 Å². The van der Waals surface area contributed by atoms with Crippen LogP contribution >= 0.6 is 11.6 Å². The number of hydrogen-bond donors (Lipinski definition) is 1. The zero-order valence-corrected chi connectivity index (χ0v) is 16.7. The molecule has 5 rings (SSSR count). The number of benzene rings is 2. The van der Waals surface area contributed by atoms with Crippen molar-refractivity contribution in [2.75, 3.05) is 37.6 Å². The van der Waals surface area contributed by atoms with E-state index in [0.29, 0.717) is 37.4 Å². The van der Waals surface area contributed by atoms with Gasteiger partial charge in [0.2, 0.25) is 5.91 Å². The largest absolute Gasteiger partial charge is 0.352 e. The van der Waals surface area contributed by atoms with Crippen LogP contribution in [0.5, 0.6) is 0 Å². The van der Waals surface area contributed by atoms with E-state index in [9.17, 15) is 9.18 Å². The Morgan fingerprint density at radius 2 is 1.87 bits per heavy atom. The monoisotopic (exact) mass is 429 g/mol. The van der Waals surface area contributed by atoms with E-state index in [1.807, 2.05) is 9.80 Å². The molecule has 0 bridgehead atoms. The SMILES string of the molecule is O=C(C1CN1)N1CCN(c2ncnc3c(F)c(-c4ccccc4F)c(Cl)cc23)CC1. The van der Waals surface area contributed by atoms with Crippen molar-refractivity contribution in [3.63, 3.8) is 0 Å². The van der Waals surface area contributed by atoms with Crippen molar-refractivity contribution in [2.24, 2.45) is 0 Å². The summed E-state index contributed by atoms with van der Waals surface area (Å²) in [5.74, 6) is -0.568. The van der Waals surface area contributed by atoms with Crippen LogP contribution in [0.4, 0.5) is 14.6 Å². The average Bonchev–Trinajstić information content (AvgIpc) is 3.60. The van der Waals surface area contributed by atoms with Crippen LogP contribution in [0, 0.1) is 11.6 Å². The van der Waals surface area contributed by atoms with Gasteiger partial charge in [-0.25, -0.2) is 18.7 Å². The molecule has 1 N–H and O–H groups in total. The molecule has 30 heavy (non-hydrogen) atoms. The molecule has 9 heteroatoms. The van der Waals surface area contributed by atoms with Gasteiger partial charge in [-0.15, -0.1) is 0 Å². The molecule has 3 heterocycles. The number of rotatable bonds is 3. The Hall–Kier alpha value is -2.84. The van der Waals surface area contributed by atoms with Gasteiger partial charge in [0.1, 0.15) is 23.5 Å². The second-order valence-electron chi connectivity index (χ2n) is 7.39. The number of carbonyl (C=O) groups excluding carboxylic acids is 1. The fraction of sp³-hybridized carbons (Fsp3) is 0.286. The molecule has 1 aromatic heterocycles. The van der Waals surface area contributed by atoms with E-state index >= 15 is 4.39 Å². The maximum absolute atomic E-state index is 15.4. The van der Waals surface area contributed by atoms with E-state index < -0.39 is 11.6 Å². The summed E-state index contributed by atoms with van der Waals surface area (Å²) in [7, 11) is 0. The van der Waals surface area contributed by atoms with Gasteiger partial charge in [0.25, 0.3) is 0 Å². The van der Waals surface area contributed by atoms with Crippen molar-refractivity contribution < 1.29 is 13.6 Å². The number of halogens is 3. The maximum atomic E-state index is 15.4. The molecule has 3 aromatic rings. The Kier molecular flexibility index (Phi) is 4.75. The number of hydrogen-bond acceptors (Lipinski definition) is 5. The second kappa shape index (κ2) is 7.45. The van der Waals surface area contributed by atoms with Gasteiger partial charge >= 0.3 is 0 Å². The van der Waals surface area contributed by atoms with Crippen molar-refractivity contribution in [1.29, 1.82) is 0 Å². The van der Waals surface area contributed by atoms with Gasteiger partial charge in [-0.1, -0.05) is 29.8 Å². The maximum Gasteiger partial charge on any atom is 0.241 e. The number of nitrogens with zero attached hydrogens (tertiary/aromatic N) is 4. The Morgan fingerprint density at radius 3 is 2.57 bits per heavy atom. The predicted octanol–water partition coefficient (Wildman–Crippen LogP) is 2.85. The molecule has 2 fully saturated rings. The van der Waals surface area contributed by atoms with Crippen molar-refractivity contribution >= 4 is 34.2 Å². The van der Waals surface area contributed by atoms with E-state index in [-0.39, 0.29) is 33.6 Å². The van der Waals surface area contributed by atoms with Crippen molar-refractivity contribution in [3.8, 4) is 11.1 Å². The molecule has 2 aliphatic rings. The topological polar surface area (TPSA) is 71.3 Å². The minimum Gasteiger partial charge on any atom is -0.352 e. The van der Waals surface area contributed by atoms with Crippen LogP contribution in [0.1, 0.15) is 0 Å². The molecule has 1 atom stereocenters. The number of piperazine rings is 1. The fourth-order valence-corrected chi connectivity index (χ4v) is 4.17. The summed E-state index contributed by atoms with van der Waals surface area (Å²) in [6, 6.07) is 7.44. The van der Waals surface area contributed by atoms with Crippen LogP contribution < -0.4 is 10.2 Å². The van der Waals surface area contributed by atoms with Crippen molar-refractivity contribution in [2.45, 2.75) is 6.04 Å². The molecule has 6 nitrogen and oxygen atoms in total. The summed E-state index contributed by atoms with van der Waals surface area (Å²) in [6.07, 6.45) is 1.30. The van der Waals surface area contributed by atoms with Crippen LogP contribution in [0.3, 0.4) is 0 Å². The third kappa shape index (κ3) is 3.26. The molecule has 0 aliphatic carbocycles. The lowest BCUT2D eigenvalue weighted by atomic mass is 10.0. The van der Waals surface area contributed by atoms with E-state index in [4.69, 9.17) is 11.6 Å². The molecule has 0 spiro atoms. The molecule has 2 saturated heterocycles. The Morgan fingerprint density at radius 1 is 1.13 bits per heavy atom. The van der Waals surface area contributed by atoms with Gasteiger partial charge in [0, 0.05) is 49.2 Å². The van der Waals surface area contributed by atoms with Gasteiger partial charge < -0.3 is 15.1 Å². The van der Waals surface area contributed by atoms with Crippen LogP contribution in [-0.4, -0.2) is 59.5 Å². The zero-order chi connectivity index (χ0) is 20.8. The van der Waals surface area contributed by atoms with Crippen LogP contribution in [-0.2, 0) is 4.79 Å². The number of aromatic nitrogens is 2. The lowest BCUT2D eigenvalue weighted by Gasteiger charge is -2.35. The van der Waals surface area contributed by atoms with E-state index in [0.717, 1.165) is 6.54 Å². The zero-order valence-electron chi connectivity index (χ0n) is 15.9. The smallest absolute Gasteiger partial charge is 0.241 e. The summed E-state index contributed by atoms with van der Waals surface area (Å²) in [6.45, 7) is 2.99. The minimum absolute atomic E-state index is 0.0146. The Labute approximate surface area is 176 Å². The summed E-state index contributed by atoms with van der Waals surface area (Å²) < 4.78 is 29.7. The first kappa shape index (κ1) is 19.1. The van der Waals surface area contributed by atoms with Crippen molar-refractivity contribution in [1.82, 2.24) is 20.2 Å². The highest BCUT2D eigenvalue weighted by atomic mass is 35.5. The van der Waals surface area contributed by atoms with Gasteiger partial charge in [-0.2, -0.15) is 0 Å². The summed E-state index contributed by atoms with van der Waals surface area (Å²) in [4.78, 5) is 24.5. The van der Waals surface area contributed by atoms with Crippen LogP contribution in [0.2, 0.25) is 5.02 Å². The summed E-state index contributed by atoms with van der Waals surface area (Å²) in [5, 5.41) is 3.58. The lowest BCUT2D eigenvalue weighted by molar-refractivity contribution is -0.130. The highest BCUT2D eigenvalue weighted by molar-refractivity contribution is 6.34. The number of anilines is 1. The number of nitrogens with one attached hydrogen (secondary N) is 1. The molecule has 2 aromatic carbocycles. The summed E-state index contributed by atoms with van der Waals surface area (Å²) >= 11 is 6.39. The fourth-order valence-electron chi connectivity index (χ4n) is 3.87. The summed E-state index contributed by atoms with van der Waals surface area (Å²) in [5.41, 5.74) is 0.158. The molecule has 0 saturated carbocycles. The molecule has 1 unspecified atom stereocenters. The number of carbonyl (C=O) groups is 1. The van der Waals surface area contributed by atoms with Gasteiger partial charge in [-0.05, 0) is 12.1 Å². The molecule has 2 aliphatic heterocycles. The first-order valence-electron chi connectivity index (χ1n) is 9.69. The molecule has 1 amide bonds. The van der Waals surface area contributed by atoms with E-state index in [1.165, 1.54) is 24.5 Å². The third-order valence-corrected chi connectivity index (χ3v) is 5.84. The van der Waals surface area contributed by atoms with Crippen LogP contribution in [0.15, 0.2) is 36.7 Å². The average molecular weight is 430 g/mol.